The van der Waals surface area contributed by atoms with Crippen LogP contribution in [-0.2, 0) is 11.3 Å². The Bertz CT molecular complexity index is 578. The van der Waals surface area contributed by atoms with E-state index in [0.29, 0.717) is 29.2 Å². The molecule has 1 aromatic carbocycles. The summed E-state index contributed by atoms with van der Waals surface area (Å²) < 4.78 is 10.8. The van der Waals surface area contributed by atoms with E-state index in [1.165, 1.54) is 6.20 Å². The molecule has 2 rings (SSSR count). The van der Waals surface area contributed by atoms with E-state index in [1.54, 1.807) is 7.11 Å². The first-order valence-corrected chi connectivity index (χ1v) is 6.63. The second kappa shape index (κ2) is 7.07. The molecule has 0 aliphatic rings. The zero-order valence-corrected chi connectivity index (χ0v) is 12.1. The van der Waals surface area contributed by atoms with Crippen LogP contribution in [0.2, 0.25) is 5.02 Å². The summed E-state index contributed by atoms with van der Waals surface area (Å²) in [4.78, 5) is 8.29. The molecule has 0 radical (unpaired) electrons. The summed E-state index contributed by atoms with van der Waals surface area (Å²) in [5.41, 5.74) is 1.02. The Labute approximate surface area is 122 Å². The van der Waals surface area contributed by atoms with Crippen molar-refractivity contribution in [3.63, 3.8) is 0 Å². The normalized spacial score (nSPS) is 10.3. The molecule has 0 atom stereocenters. The highest BCUT2D eigenvalue weighted by molar-refractivity contribution is 6.31. The van der Waals surface area contributed by atoms with E-state index in [-0.39, 0.29) is 0 Å². The fraction of sp³-hybridized carbons (Fsp3) is 0.286. The number of aromatic nitrogens is 2. The quantitative estimate of drug-likeness (QED) is 0.883. The van der Waals surface area contributed by atoms with Crippen molar-refractivity contribution in [1.82, 2.24) is 9.97 Å². The van der Waals surface area contributed by atoms with Crippen LogP contribution in [0.1, 0.15) is 12.5 Å². The van der Waals surface area contributed by atoms with E-state index in [9.17, 15) is 0 Å². The Hall–Kier alpha value is -1.85. The number of benzene rings is 1. The number of rotatable bonds is 6. The van der Waals surface area contributed by atoms with Gasteiger partial charge in [0.2, 0.25) is 11.8 Å². The highest BCUT2D eigenvalue weighted by Gasteiger charge is 2.08. The van der Waals surface area contributed by atoms with Crippen molar-refractivity contribution in [2.75, 3.05) is 19.0 Å². The second-order valence-corrected chi connectivity index (χ2v) is 4.47. The molecule has 1 N–H and O–H groups in total. The average Bonchev–Trinajstić information content (AvgIpc) is 2.44. The van der Waals surface area contributed by atoms with Crippen molar-refractivity contribution in [2.45, 2.75) is 13.5 Å². The SMILES string of the molecule is CCNc1ncc(Cl)c(Oc2cccc(COC)c2)n1. The molecule has 0 spiro atoms. The number of hydrogen-bond acceptors (Lipinski definition) is 5. The van der Waals surface area contributed by atoms with Gasteiger partial charge in [-0.25, -0.2) is 4.98 Å². The zero-order chi connectivity index (χ0) is 14.4. The van der Waals surface area contributed by atoms with Gasteiger partial charge < -0.3 is 14.8 Å². The second-order valence-electron chi connectivity index (χ2n) is 4.06. The Morgan fingerprint density at radius 2 is 2.20 bits per heavy atom. The van der Waals surface area contributed by atoms with Gasteiger partial charge in [0.15, 0.2) is 0 Å². The minimum absolute atomic E-state index is 0.326. The summed E-state index contributed by atoms with van der Waals surface area (Å²) in [6, 6.07) is 7.57. The highest BCUT2D eigenvalue weighted by Crippen LogP contribution is 2.28. The lowest BCUT2D eigenvalue weighted by Crippen LogP contribution is -2.03. The smallest absolute Gasteiger partial charge is 0.243 e. The number of halogens is 1. The van der Waals surface area contributed by atoms with Crippen LogP contribution < -0.4 is 10.1 Å². The number of hydrogen-bond donors (Lipinski definition) is 1. The minimum Gasteiger partial charge on any atom is -0.437 e. The molecule has 0 amide bonds. The molecular formula is C14H16ClN3O2. The lowest BCUT2D eigenvalue weighted by atomic mass is 10.2. The molecule has 106 valence electrons. The Morgan fingerprint density at radius 3 is 2.95 bits per heavy atom. The van der Waals surface area contributed by atoms with Crippen LogP contribution in [0.25, 0.3) is 0 Å². The summed E-state index contributed by atoms with van der Waals surface area (Å²) in [6.45, 7) is 3.22. The maximum atomic E-state index is 6.04. The van der Waals surface area contributed by atoms with Gasteiger partial charge in [0, 0.05) is 13.7 Å². The van der Waals surface area contributed by atoms with E-state index in [2.05, 4.69) is 15.3 Å². The maximum Gasteiger partial charge on any atom is 0.243 e. The molecular weight excluding hydrogens is 278 g/mol. The van der Waals surface area contributed by atoms with Crippen LogP contribution in [0, 0.1) is 0 Å². The summed E-state index contributed by atoms with van der Waals surface area (Å²) in [7, 11) is 1.65. The van der Waals surface area contributed by atoms with Gasteiger partial charge in [-0.3, -0.25) is 0 Å². The standard InChI is InChI=1S/C14H16ClN3O2/c1-3-16-14-17-8-12(15)13(18-14)20-11-6-4-5-10(7-11)9-19-2/h4-8H,3,9H2,1-2H3,(H,16,17,18). The Morgan fingerprint density at radius 1 is 1.35 bits per heavy atom. The predicted molar refractivity (Wildman–Crippen MR) is 78.4 cm³/mol. The lowest BCUT2D eigenvalue weighted by Gasteiger charge is -2.09. The monoisotopic (exact) mass is 293 g/mol. The fourth-order valence-electron chi connectivity index (χ4n) is 1.64. The molecule has 0 aliphatic heterocycles. The van der Waals surface area contributed by atoms with Gasteiger partial charge in [-0.15, -0.1) is 0 Å². The molecule has 0 aliphatic carbocycles. The van der Waals surface area contributed by atoms with Crippen LogP contribution in [0.3, 0.4) is 0 Å². The topological polar surface area (TPSA) is 56.3 Å². The molecule has 1 heterocycles. The Kier molecular flexibility index (Phi) is 5.15. The molecule has 0 saturated carbocycles. The number of nitrogens with one attached hydrogen (secondary N) is 1. The molecule has 0 saturated heterocycles. The first-order valence-electron chi connectivity index (χ1n) is 6.25. The van der Waals surface area contributed by atoms with Gasteiger partial charge in [-0.1, -0.05) is 23.7 Å². The van der Waals surface area contributed by atoms with Crippen LogP contribution in [-0.4, -0.2) is 23.6 Å². The lowest BCUT2D eigenvalue weighted by molar-refractivity contribution is 0.184. The molecule has 0 fully saturated rings. The molecule has 5 nitrogen and oxygen atoms in total. The van der Waals surface area contributed by atoms with Crippen molar-refractivity contribution < 1.29 is 9.47 Å². The van der Waals surface area contributed by atoms with Crippen LogP contribution >= 0.6 is 11.6 Å². The van der Waals surface area contributed by atoms with Gasteiger partial charge >= 0.3 is 0 Å². The van der Waals surface area contributed by atoms with Crippen LogP contribution in [0.5, 0.6) is 11.6 Å². The number of anilines is 1. The summed E-state index contributed by atoms with van der Waals surface area (Å²) in [5, 5.41) is 3.38. The van der Waals surface area contributed by atoms with Gasteiger partial charge in [-0.05, 0) is 24.6 Å². The van der Waals surface area contributed by atoms with Crippen LogP contribution in [0.4, 0.5) is 5.95 Å². The molecule has 20 heavy (non-hydrogen) atoms. The van der Waals surface area contributed by atoms with Crippen molar-refractivity contribution >= 4 is 17.5 Å². The molecule has 0 unspecified atom stereocenters. The zero-order valence-electron chi connectivity index (χ0n) is 11.4. The van der Waals surface area contributed by atoms with E-state index in [0.717, 1.165) is 12.1 Å². The largest absolute Gasteiger partial charge is 0.437 e. The number of ether oxygens (including phenoxy) is 2. The number of methoxy groups -OCH3 is 1. The van der Waals surface area contributed by atoms with Gasteiger partial charge in [-0.2, -0.15) is 4.98 Å². The van der Waals surface area contributed by atoms with Gasteiger partial charge in [0.25, 0.3) is 0 Å². The van der Waals surface area contributed by atoms with E-state index >= 15 is 0 Å². The molecule has 6 heteroatoms. The third kappa shape index (κ3) is 3.82. The summed E-state index contributed by atoms with van der Waals surface area (Å²) in [5.74, 6) is 1.47. The first-order chi connectivity index (χ1) is 9.72. The van der Waals surface area contributed by atoms with Gasteiger partial charge in [0.05, 0.1) is 12.8 Å². The summed E-state index contributed by atoms with van der Waals surface area (Å²) in [6.07, 6.45) is 1.51. The summed E-state index contributed by atoms with van der Waals surface area (Å²) >= 11 is 6.04. The maximum absolute atomic E-state index is 6.04. The van der Waals surface area contributed by atoms with E-state index < -0.39 is 0 Å². The van der Waals surface area contributed by atoms with Crippen LogP contribution in [0.15, 0.2) is 30.5 Å². The molecule has 1 aromatic heterocycles. The van der Waals surface area contributed by atoms with Crippen molar-refractivity contribution in [3.05, 3.63) is 41.0 Å². The van der Waals surface area contributed by atoms with E-state index in [4.69, 9.17) is 21.1 Å². The van der Waals surface area contributed by atoms with Crippen molar-refractivity contribution in [1.29, 1.82) is 0 Å². The average molecular weight is 294 g/mol. The molecule has 0 bridgehead atoms. The molecule has 2 aromatic rings. The Balaban J connectivity index is 2.20. The third-order valence-electron chi connectivity index (χ3n) is 2.47. The van der Waals surface area contributed by atoms with Crippen molar-refractivity contribution in [2.24, 2.45) is 0 Å². The fourth-order valence-corrected chi connectivity index (χ4v) is 1.77. The van der Waals surface area contributed by atoms with Gasteiger partial charge in [0.1, 0.15) is 10.8 Å². The minimum atomic E-state index is 0.326. The highest BCUT2D eigenvalue weighted by atomic mass is 35.5. The predicted octanol–water partition coefficient (Wildman–Crippen LogP) is 3.50. The van der Waals surface area contributed by atoms with E-state index in [1.807, 2.05) is 31.2 Å². The first kappa shape index (κ1) is 14.6. The van der Waals surface area contributed by atoms with Crippen molar-refractivity contribution in [3.8, 4) is 11.6 Å². The number of nitrogens with zero attached hydrogens (tertiary/aromatic N) is 2. The third-order valence-corrected chi connectivity index (χ3v) is 2.73.